The van der Waals surface area contributed by atoms with Gasteiger partial charge in [0.15, 0.2) is 5.03 Å². The van der Waals surface area contributed by atoms with Gasteiger partial charge in [0.05, 0.1) is 6.33 Å². The lowest BCUT2D eigenvalue weighted by Gasteiger charge is -2.26. The van der Waals surface area contributed by atoms with E-state index in [1.54, 1.807) is 12.5 Å². The summed E-state index contributed by atoms with van der Waals surface area (Å²) in [5.41, 5.74) is 5.83. The molecular weight excluding hydrogens is 276 g/mol. The highest BCUT2D eigenvalue weighted by Crippen LogP contribution is 2.19. The molecule has 0 atom stereocenters. The highest BCUT2D eigenvalue weighted by molar-refractivity contribution is 7.89. The summed E-state index contributed by atoms with van der Waals surface area (Å²) in [7, 11) is -3.52. The van der Waals surface area contributed by atoms with E-state index in [9.17, 15) is 8.42 Å². The van der Waals surface area contributed by atoms with Gasteiger partial charge in [-0.1, -0.05) is 13.8 Å². The Morgan fingerprint density at radius 3 is 2.65 bits per heavy atom. The number of rotatable bonds is 5. The SMILES string of the molecule is CC(C)Cn1cnc(S(=O)(=O)NC2CCC(N)CC2)c1. The summed E-state index contributed by atoms with van der Waals surface area (Å²) in [6.07, 6.45) is 6.51. The van der Waals surface area contributed by atoms with Crippen LogP contribution in [-0.2, 0) is 16.6 Å². The molecule has 1 aliphatic carbocycles. The number of hydrogen-bond donors (Lipinski definition) is 2. The molecule has 1 fully saturated rings. The van der Waals surface area contributed by atoms with Crippen LogP contribution in [0.25, 0.3) is 0 Å². The van der Waals surface area contributed by atoms with Crippen molar-refractivity contribution < 1.29 is 8.42 Å². The van der Waals surface area contributed by atoms with Gasteiger partial charge in [0, 0.05) is 24.8 Å². The summed E-state index contributed by atoms with van der Waals surface area (Å²) >= 11 is 0. The normalized spacial score (nSPS) is 24.2. The molecule has 3 N–H and O–H groups in total. The van der Waals surface area contributed by atoms with Gasteiger partial charge in [0.1, 0.15) is 0 Å². The van der Waals surface area contributed by atoms with Gasteiger partial charge < -0.3 is 10.3 Å². The molecule has 2 rings (SSSR count). The Labute approximate surface area is 120 Å². The molecule has 0 saturated heterocycles. The minimum absolute atomic E-state index is 0.0185. The average Bonchev–Trinajstić information content (AvgIpc) is 2.80. The molecule has 1 saturated carbocycles. The molecule has 6 nitrogen and oxygen atoms in total. The lowest BCUT2D eigenvalue weighted by molar-refractivity contribution is 0.373. The number of aromatic nitrogens is 2. The molecule has 0 aromatic carbocycles. The van der Waals surface area contributed by atoms with Gasteiger partial charge in [0.25, 0.3) is 10.0 Å². The number of nitrogens with one attached hydrogen (secondary N) is 1. The third-order valence-electron chi connectivity index (χ3n) is 3.55. The third kappa shape index (κ3) is 4.04. The second-order valence-corrected chi connectivity index (χ2v) is 7.70. The van der Waals surface area contributed by atoms with Crippen LogP contribution in [0.2, 0.25) is 0 Å². The fraction of sp³-hybridized carbons (Fsp3) is 0.769. The molecule has 0 spiro atoms. The van der Waals surface area contributed by atoms with Gasteiger partial charge in [-0.15, -0.1) is 0 Å². The summed E-state index contributed by atoms with van der Waals surface area (Å²) in [6.45, 7) is 4.93. The lowest BCUT2D eigenvalue weighted by atomic mass is 9.93. The molecule has 7 heteroatoms. The Hall–Kier alpha value is -0.920. The van der Waals surface area contributed by atoms with E-state index in [1.807, 2.05) is 4.57 Å². The van der Waals surface area contributed by atoms with Crippen LogP contribution in [0.1, 0.15) is 39.5 Å². The Balaban J connectivity index is 2.01. The third-order valence-corrected chi connectivity index (χ3v) is 4.96. The topological polar surface area (TPSA) is 90.0 Å². The molecule has 20 heavy (non-hydrogen) atoms. The maximum atomic E-state index is 12.3. The Bertz CT molecular complexity index is 530. The van der Waals surface area contributed by atoms with Crippen LogP contribution >= 0.6 is 0 Å². The van der Waals surface area contributed by atoms with E-state index >= 15 is 0 Å². The van der Waals surface area contributed by atoms with Crippen molar-refractivity contribution >= 4 is 10.0 Å². The highest BCUT2D eigenvalue weighted by atomic mass is 32.2. The molecule has 114 valence electrons. The summed E-state index contributed by atoms with van der Waals surface area (Å²) in [6, 6.07) is 0.191. The van der Waals surface area contributed by atoms with Crippen molar-refractivity contribution in [2.45, 2.75) is 63.2 Å². The number of nitrogens with two attached hydrogens (primary N) is 1. The van der Waals surface area contributed by atoms with Crippen LogP contribution < -0.4 is 10.5 Å². The van der Waals surface area contributed by atoms with Gasteiger partial charge in [0.2, 0.25) is 0 Å². The van der Waals surface area contributed by atoms with Crippen molar-refractivity contribution in [3.8, 4) is 0 Å². The van der Waals surface area contributed by atoms with Gasteiger partial charge in [-0.25, -0.2) is 18.1 Å². The van der Waals surface area contributed by atoms with Gasteiger partial charge in [-0.05, 0) is 31.6 Å². The Morgan fingerprint density at radius 2 is 2.05 bits per heavy atom. The average molecular weight is 300 g/mol. The zero-order chi connectivity index (χ0) is 14.8. The highest BCUT2D eigenvalue weighted by Gasteiger charge is 2.25. The summed E-state index contributed by atoms with van der Waals surface area (Å²) in [5, 5.41) is 0.105. The van der Waals surface area contributed by atoms with E-state index in [4.69, 9.17) is 5.73 Å². The molecule has 0 unspecified atom stereocenters. The first kappa shape index (κ1) is 15.5. The maximum Gasteiger partial charge on any atom is 0.259 e. The molecule has 1 aromatic rings. The fourth-order valence-electron chi connectivity index (χ4n) is 2.52. The number of sulfonamides is 1. The van der Waals surface area contributed by atoms with E-state index in [-0.39, 0.29) is 17.1 Å². The Morgan fingerprint density at radius 1 is 1.40 bits per heavy atom. The Kier molecular flexibility index (Phi) is 4.82. The van der Waals surface area contributed by atoms with Crippen LogP contribution in [0.5, 0.6) is 0 Å². The molecule has 1 heterocycles. The summed E-state index contributed by atoms with van der Waals surface area (Å²) in [4.78, 5) is 4.01. The zero-order valence-electron chi connectivity index (χ0n) is 12.1. The fourth-order valence-corrected chi connectivity index (χ4v) is 3.77. The predicted molar refractivity (Wildman–Crippen MR) is 77.6 cm³/mol. The maximum absolute atomic E-state index is 12.3. The van der Waals surface area contributed by atoms with E-state index in [0.717, 1.165) is 32.2 Å². The molecule has 1 aliphatic rings. The van der Waals surface area contributed by atoms with Crippen LogP contribution in [0.4, 0.5) is 0 Å². The minimum atomic E-state index is -3.52. The molecular formula is C13H24N4O2S. The first-order valence-electron chi connectivity index (χ1n) is 7.16. The van der Waals surface area contributed by atoms with E-state index in [2.05, 4.69) is 23.6 Å². The zero-order valence-corrected chi connectivity index (χ0v) is 12.9. The van der Waals surface area contributed by atoms with E-state index < -0.39 is 10.0 Å². The first-order valence-corrected chi connectivity index (χ1v) is 8.65. The lowest BCUT2D eigenvalue weighted by Crippen LogP contribution is -2.40. The smallest absolute Gasteiger partial charge is 0.259 e. The standard InChI is InChI=1S/C13H24N4O2S/c1-10(2)7-17-8-13(15-9-17)20(18,19)16-12-5-3-11(14)4-6-12/h8-12,16H,3-7,14H2,1-2H3. The van der Waals surface area contributed by atoms with Crippen molar-refractivity contribution in [3.05, 3.63) is 12.5 Å². The minimum Gasteiger partial charge on any atom is -0.336 e. The van der Waals surface area contributed by atoms with Crippen LogP contribution in [0.3, 0.4) is 0 Å². The quantitative estimate of drug-likeness (QED) is 0.851. The monoisotopic (exact) mass is 300 g/mol. The summed E-state index contributed by atoms with van der Waals surface area (Å²) in [5.74, 6) is 0.451. The summed E-state index contributed by atoms with van der Waals surface area (Å²) < 4.78 is 29.1. The predicted octanol–water partition coefficient (Wildman–Crippen LogP) is 1.09. The van der Waals surface area contributed by atoms with Gasteiger partial charge >= 0.3 is 0 Å². The largest absolute Gasteiger partial charge is 0.336 e. The second kappa shape index (κ2) is 6.24. The molecule has 1 aromatic heterocycles. The molecule has 0 bridgehead atoms. The molecule has 0 aliphatic heterocycles. The van der Waals surface area contributed by atoms with Crippen molar-refractivity contribution in [3.63, 3.8) is 0 Å². The van der Waals surface area contributed by atoms with Gasteiger partial charge in [-0.3, -0.25) is 0 Å². The van der Waals surface area contributed by atoms with Crippen molar-refractivity contribution in [1.29, 1.82) is 0 Å². The van der Waals surface area contributed by atoms with Crippen LogP contribution in [0.15, 0.2) is 17.6 Å². The number of nitrogens with zero attached hydrogens (tertiary/aromatic N) is 2. The van der Waals surface area contributed by atoms with Crippen LogP contribution in [-0.4, -0.2) is 30.1 Å². The molecule has 0 amide bonds. The first-order chi connectivity index (χ1) is 9.37. The second-order valence-electron chi connectivity index (χ2n) is 6.04. The van der Waals surface area contributed by atoms with Crippen molar-refractivity contribution in [2.24, 2.45) is 11.7 Å². The van der Waals surface area contributed by atoms with Gasteiger partial charge in [-0.2, -0.15) is 0 Å². The van der Waals surface area contributed by atoms with E-state index in [0.29, 0.717) is 5.92 Å². The van der Waals surface area contributed by atoms with Crippen molar-refractivity contribution in [2.75, 3.05) is 0 Å². The van der Waals surface area contributed by atoms with Crippen LogP contribution in [0, 0.1) is 5.92 Å². The van der Waals surface area contributed by atoms with E-state index in [1.165, 1.54) is 0 Å². The number of hydrogen-bond acceptors (Lipinski definition) is 4. The van der Waals surface area contributed by atoms with Crippen molar-refractivity contribution in [1.82, 2.24) is 14.3 Å². The molecule has 0 radical (unpaired) electrons. The number of imidazole rings is 1.